The molecule has 0 radical (unpaired) electrons. The summed E-state index contributed by atoms with van der Waals surface area (Å²) in [6.07, 6.45) is 7.69. The molecule has 2 nitrogen and oxygen atoms in total. The maximum atomic E-state index is 5.34. The number of likely N-dealkylation sites (tertiary alicyclic amines) is 1. The van der Waals surface area contributed by atoms with Crippen LogP contribution in [-0.2, 0) is 0 Å². The van der Waals surface area contributed by atoms with Crippen LogP contribution in [0.4, 0.5) is 5.69 Å². The number of piperidine rings is 1. The van der Waals surface area contributed by atoms with Crippen molar-refractivity contribution < 1.29 is 0 Å². The summed E-state index contributed by atoms with van der Waals surface area (Å²) in [5, 5.41) is 3.63. The molecule has 1 aromatic carbocycles. The number of rotatable bonds is 3. The van der Waals surface area contributed by atoms with Crippen molar-refractivity contribution in [2.24, 2.45) is 0 Å². The smallest absolute Gasteiger partial charge is 0.0598 e. The minimum Gasteiger partial charge on any atom is -0.382 e. The summed E-state index contributed by atoms with van der Waals surface area (Å²) in [5.41, 5.74) is 2.57. The summed E-state index contributed by atoms with van der Waals surface area (Å²) in [5.74, 6) is 2.72. The molecule has 0 aromatic heterocycles. The van der Waals surface area contributed by atoms with Gasteiger partial charge >= 0.3 is 0 Å². The van der Waals surface area contributed by atoms with Gasteiger partial charge in [0.2, 0.25) is 0 Å². The predicted molar refractivity (Wildman–Crippen MR) is 85.8 cm³/mol. The molecule has 1 heterocycles. The number of halogens is 1. The molecule has 0 spiro atoms. The minimum absolute atomic E-state index is 0.581. The highest BCUT2D eigenvalue weighted by molar-refractivity contribution is 14.1. The zero-order valence-corrected chi connectivity index (χ0v) is 12.9. The van der Waals surface area contributed by atoms with Gasteiger partial charge in [-0.15, -0.1) is 6.42 Å². The molecule has 0 aliphatic carbocycles. The second kappa shape index (κ2) is 6.44. The number of aryl methyl sites for hydroxylation is 1. The minimum atomic E-state index is 0.581. The van der Waals surface area contributed by atoms with Gasteiger partial charge in [0.15, 0.2) is 0 Å². The van der Waals surface area contributed by atoms with Crippen LogP contribution >= 0.6 is 22.6 Å². The maximum Gasteiger partial charge on any atom is 0.0598 e. The lowest BCUT2D eigenvalue weighted by Gasteiger charge is -2.31. The van der Waals surface area contributed by atoms with Crippen LogP contribution in [0, 0.1) is 22.8 Å². The van der Waals surface area contributed by atoms with Crippen LogP contribution < -0.4 is 5.32 Å². The van der Waals surface area contributed by atoms with E-state index in [-0.39, 0.29) is 0 Å². The molecule has 96 valence electrons. The molecule has 0 amide bonds. The van der Waals surface area contributed by atoms with E-state index in [1.165, 1.54) is 27.7 Å². The van der Waals surface area contributed by atoms with Gasteiger partial charge in [-0.2, -0.15) is 0 Å². The Labute approximate surface area is 123 Å². The molecule has 0 unspecified atom stereocenters. The van der Waals surface area contributed by atoms with Gasteiger partial charge in [-0.05, 0) is 60.1 Å². The van der Waals surface area contributed by atoms with Gasteiger partial charge in [0.1, 0.15) is 0 Å². The number of hydrogen-bond donors (Lipinski definition) is 1. The van der Waals surface area contributed by atoms with Crippen LogP contribution in [0.15, 0.2) is 18.2 Å². The number of anilines is 1. The van der Waals surface area contributed by atoms with E-state index < -0.39 is 0 Å². The number of nitrogens with one attached hydrogen (secondary N) is 1. The Morgan fingerprint density at radius 2 is 2.17 bits per heavy atom. The average molecular weight is 354 g/mol. The van der Waals surface area contributed by atoms with Gasteiger partial charge in [-0.1, -0.05) is 12.0 Å². The van der Waals surface area contributed by atoms with Gasteiger partial charge < -0.3 is 5.32 Å². The van der Waals surface area contributed by atoms with Crippen LogP contribution in [0.3, 0.4) is 0 Å². The second-order valence-electron chi connectivity index (χ2n) is 4.86. The number of terminal acetylenes is 1. The summed E-state index contributed by atoms with van der Waals surface area (Å²) < 4.78 is 1.32. The molecule has 1 aliphatic heterocycles. The van der Waals surface area contributed by atoms with E-state index in [0.29, 0.717) is 6.04 Å². The fourth-order valence-corrected chi connectivity index (χ4v) is 2.80. The molecule has 0 saturated carbocycles. The Morgan fingerprint density at radius 1 is 1.44 bits per heavy atom. The predicted octanol–water partition coefficient (Wildman–Crippen LogP) is 3.11. The first kappa shape index (κ1) is 13.7. The third-order valence-electron chi connectivity index (χ3n) is 3.45. The number of nitrogens with zero attached hydrogens (tertiary/aromatic N) is 1. The van der Waals surface area contributed by atoms with Crippen LogP contribution in [0.25, 0.3) is 0 Å². The van der Waals surface area contributed by atoms with Crippen molar-refractivity contribution in [3.63, 3.8) is 0 Å². The lowest BCUT2D eigenvalue weighted by molar-refractivity contribution is 0.243. The SMILES string of the molecule is C#CCN1CCC(Nc2ccc(C)c(I)c2)CC1. The van der Waals surface area contributed by atoms with E-state index in [9.17, 15) is 0 Å². The summed E-state index contributed by atoms with van der Waals surface area (Å²) >= 11 is 2.39. The van der Waals surface area contributed by atoms with Crippen LogP contribution in [0.1, 0.15) is 18.4 Å². The number of hydrogen-bond acceptors (Lipinski definition) is 2. The molecular formula is C15H19IN2. The Hall–Kier alpha value is -0.730. The summed E-state index contributed by atoms with van der Waals surface area (Å²) in [4.78, 5) is 2.34. The summed E-state index contributed by atoms with van der Waals surface area (Å²) in [7, 11) is 0. The molecular weight excluding hydrogens is 335 g/mol. The Kier molecular flexibility index (Phi) is 4.90. The molecule has 0 atom stereocenters. The molecule has 3 heteroatoms. The van der Waals surface area contributed by atoms with Gasteiger partial charge in [-0.25, -0.2) is 0 Å². The van der Waals surface area contributed by atoms with Crippen molar-refractivity contribution in [2.75, 3.05) is 25.0 Å². The van der Waals surface area contributed by atoms with E-state index in [0.717, 1.165) is 19.6 Å². The zero-order chi connectivity index (χ0) is 13.0. The molecule has 1 fully saturated rings. The van der Waals surface area contributed by atoms with Crippen LogP contribution in [-0.4, -0.2) is 30.6 Å². The van der Waals surface area contributed by atoms with Crippen molar-refractivity contribution in [3.8, 4) is 12.3 Å². The Bertz CT molecular complexity index is 442. The summed E-state index contributed by atoms with van der Waals surface area (Å²) in [6, 6.07) is 7.16. The molecule has 1 aliphatic rings. The first-order chi connectivity index (χ1) is 8.69. The van der Waals surface area contributed by atoms with E-state index in [1.807, 2.05) is 0 Å². The van der Waals surface area contributed by atoms with E-state index in [1.54, 1.807) is 0 Å². The average Bonchev–Trinajstić information content (AvgIpc) is 2.37. The standard InChI is InChI=1S/C15H19IN2/c1-3-8-18-9-6-13(7-10-18)17-14-5-4-12(2)15(16)11-14/h1,4-5,11,13,17H,6-10H2,2H3. The molecule has 0 bridgehead atoms. The summed E-state index contributed by atoms with van der Waals surface area (Å²) in [6.45, 7) is 5.13. The molecule has 18 heavy (non-hydrogen) atoms. The zero-order valence-electron chi connectivity index (χ0n) is 10.7. The lowest BCUT2D eigenvalue weighted by Crippen LogP contribution is -2.39. The fourth-order valence-electron chi connectivity index (χ4n) is 2.28. The van der Waals surface area contributed by atoms with Gasteiger partial charge in [-0.3, -0.25) is 4.90 Å². The second-order valence-corrected chi connectivity index (χ2v) is 6.03. The van der Waals surface area contributed by atoms with E-state index in [4.69, 9.17) is 6.42 Å². The van der Waals surface area contributed by atoms with Gasteiger partial charge in [0.25, 0.3) is 0 Å². The van der Waals surface area contributed by atoms with Crippen LogP contribution in [0.5, 0.6) is 0 Å². The lowest BCUT2D eigenvalue weighted by atomic mass is 10.0. The quantitative estimate of drug-likeness (QED) is 0.663. The third-order valence-corrected chi connectivity index (χ3v) is 4.61. The molecule has 1 N–H and O–H groups in total. The van der Waals surface area contributed by atoms with Gasteiger partial charge in [0, 0.05) is 28.4 Å². The highest BCUT2D eigenvalue weighted by atomic mass is 127. The van der Waals surface area contributed by atoms with Crippen molar-refractivity contribution in [1.29, 1.82) is 0 Å². The van der Waals surface area contributed by atoms with Crippen molar-refractivity contribution in [2.45, 2.75) is 25.8 Å². The topological polar surface area (TPSA) is 15.3 Å². The first-order valence-electron chi connectivity index (χ1n) is 6.37. The largest absolute Gasteiger partial charge is 0.382 e. The molecule has 2 rings (SSSR count). The van der Waals surface area contributed by atoms with Crippen molar-refractivity contribution in [3.05, 3.63) is 27.3 Å². The van der Waals surface area contributed by atoms with E-state index >= 15 is 0 Å². The fraction of sp³-hybridized carbons (Fsp3) is 0.467. The van der Waals surface area contributed by atoms with Gasteiger partial charge in [0.05, 0.1) is 6.54 Å². The highest BCUT2D eigenvalue weighted by Crippen LogP contribution is 2.20. The third kappa shape index (κ3) is 3.63. The normalized spacial score (nSPS) is 17.4. The number of benzene rings is 1. The monoisotopic (exact) mass is 354 g/mol. The van der Waals surface area contributed by atoms with Crippen molar-refractivity contribution >= 4 is 28.3 Å². The van der Waals surface area contributed by atoms with Crippen LogP contribution in [0.2, 0.25) is 0 Å². The van der Waals surface area contributed by atoms with Crippen molar-refractivity contribution in [1.82, 2.24) is 4.90 Å². The van der Waals surface area contributed by atoms with E-state index in [2.05, 4.69) is 63.9 Å². The highest BCUT2D eigenvalue weighted by Gasteiger charge is 2.18. The molecule has 1 saturated heterocycles. The maximum absolute atomic E-state index is 5.34. The first-order valence-corrected chi connectivity index (χ1v) is 7.45. The Balaban J connectivity index is 1.88. The Morgan fingerprint density at radius 3 is 2.78 bits per heavy atom. The molecule has 1 aromatic rings.